The lowest BCUT2D eigenvalue weighted by Gasteiger charge is -2.05. The van der Waals surface area contributed by atoms with E-state index in [1.165, 1.54) is 18.5 Å². The quantitative estimate of drug-likeness (QED) is 0.624. The van der Waals surface area contributed by atoms with Crippen LogP contribution >= 0.6 is 11.6 Å². The Kier molecular flexibility index (Phi) is 3.83. The summed E-state index contributed by atoms with van der Waals surface area (Å²) in [6, 6.07) is 4.26. The van der Waals surface area contributed by atoms with Gasteiger partial charge in [0.05, 0.1) is 5.02 Å². The zero-order chi connectivity index (χ0) is 16.6. The molecule has 7 nitrogen and oxygen atoms in total. The molecule has 2 heterocycles. The van der Waals surface area contributed by atoms with E-state index in [1.807, 2.05) is 0 Å². The molecule has 0 spiro atoms. The lowest BCUT2D eigenvalue weighted by Crippen LogP contribution is -2.34. The molecule has 0 aliphatic heterocycles. The van der Waals surface area contributed by atoms with Gasteiger partial charge < -0.3 is 11.1 Å². The minimum Gasteiger partial charge on any atom is -0.379 e. The molecule has 3 aromatic rings. The number of aromatic amines is 1. The molecule has 0 bridgehead atoms. The van der Waals surface area contributed by atoms with Crippen LogP contribution < -0.4 is 15.7 Å². The second-order valence-electron chi connectivity index (χ2n) is 4.94. The highest BCUT2D eigenvalue weighted by atomic mass is 35.5. The Morgan fingerprint density at radius 1 is 1.48 bits per heavy atom. The molecule has 0 radical (unpaired) electrons. The number of anilines is 1. The first-order chi connectivity index (χ1) is 11.0. The standard InChI is InChI=1S/C14H12ClFN6O/c1-22-12-10(13(17)21-22)19-6-20-11(12)14(23)18-5-7-2-3-9(16)8(15)4-7/h2-4,6H,5H2,1H3,(H3,17,18,21,23)/p+1. The minimum absolute atomic E-state index is 0.00554. The van der Waals surface area contributed by atoms with E-state index < -0.39 is 11.7 Å². The lowest BCUT2D eigenvalue weighted by molar-refractivity contribution is -0.702. The Balaban J connectivity index is 1.85. The number of rotatable bonds is 3. The molecule has 4 N–H and O–H groups in total. The first-order valence-electron chi connectivity index (χ1n) is 6.67. The van der Waals surface area contributed by atoms with Gasteiger partial charge in [-0.2, -0.15) is 0 Å². The van der Waals surface area contributed by atoms with Crippen molar-refractivity contribution in [3.63, 3.8) is 0 Å². The highest BCUT2D eigenvalue weighted by Gasteiger charge is 2.24. The largest absolute Gasteiger partial charge is 0.379 e. The normalized spacial score (nSPS) is 10.9. The molecule has 0 aliphatic rings. The number of aryl methyl sites for hydroxylation is 1. The summed E-state index contributed by atoms with van der Waals surface area (Å²) >= 11 is 5.72. The molecule has 0 saturated carbocycles. The number of nitrogens with one attached hydrogen (secondary N) is 2. The summed E-state index contributed by atoms with van der Waals surface area (Å²) in [4.78, 5) is 20.4. The van der Waals surface area contributed by atoms with Gasteiger partial charge in [-0.1, -0.05) is 17.7 Å². The van der Waals surface area contributed by atoms with Crippen LogP contribution in [0.25, 0.3) is 11.0 Å². The molecular formula is C14H13ClFN6O+. The van der Waals surface area contributed by atoms with Gasteiger partial charge in [0.15, 0.2) is 18.4 Å². The van der Waals surface area contributed by atoms with Crippen molar-refractivity contribution < 1.29 is 13.9 Å². The molecule has 3 rings (SSSR count). The number of amides is 1. The Morgan fingerprint density at radius 3 is 3.00 bits per heavy atom. The third-order valence-corrected chi connectivity index (χ3v) is 3.64. The fourth-order valence-electron chi connectivity index (χ4n) is 2.26. The fourth-order valence-corrected chi connectivity index (χ4v) is 2.47. The van der Waals surface area contributed by atoms with Gasteiger partial charge in [-0.25, -0.2) is 14.4 Å². The van der Waals surface area contributed by atoms with Crippen molar-refractivity contribution in [2.24, 2.45) is 7.05 Å². The zero-order valence-corrected chi connectivity index (χ0v) is 12.9. The van der Waals surface area contributed by atoms with Crippen molar-refractivity contribution in [3.8, 4) is 0 Å². The van der Waals surface area contributed by atoms with Gasteiger partial charge in [0.1, 0.15) is 12.1 Å². The lowest BCUT2D eigenvalue weighted by atomic mass is 10.2. The summed E-state index contributed by atoms with van der Waals surface area (Å²) in [6.07, 6.45) is 1.27. The molecule has 0 unspecified atom stereocenters. The number of carbonyl (C=O) groups excluding carboxylic acids is 1. The van der Waals surface area contributed by atoms with Crippen molar-refractivity contribution in [3.05, 3.63) is 46.6 Å². The minimum atomic E-state index is -0.505. The Bertz CT molecular complexity index is 910. The van der Waals surface area contributed by atoms with E-state index in [2.05, 4.69) is 20.4 Å². The highest BCUT2D eigenvalue weighted by Crippen LogP contribution is 2.17. The molecule has 118 valence electrons. The number of halogens is 2. The summed E-state index contributed by atoms with van der Waals surface area (Å²) in [5.41, 5.74) is 7.63. The topological polar surface area (TPSA) is 101 Å². The Morgan fingerprint density at radius 2 is 2.26 bits per heavy atom. The van der Waals surface area contributed by atoms with E-state index in [4.69, 9.17) is 17.3 Å². The second-order valence-corrected chi connectivity index (χ2v) is 5.34. The molecule has 9 heteroatoms. The van der Waals surface area contributed by atoms with Gasteiger partial charge in [-0.3, -0.25) is 4.79 Å². The number of fused-ring (bicyclic) bond motifs is 1. The summed E-state index contributed by atoms with van der Waals surface area (Å²) in [6.45, 7) is 0.188. The Labute approximate surface area is 135 Å². The van der Waals surface area contributed by atoms with Crippen LogP contribution in [-0.4, -0.2) is 21.0 Å². The molecule has 23 heavy (non-hydrogen) atoms. The van der Waals surface area contributed by atoms with Crippen LogP contribution in [0.5, 0.6) is 0 Å². The molecule has 0 atom stereocenters. The number of aromatic nitrogens is 4. The van der Waals surface area contributed by atoms with Crippen molar-refractivity contribution >= 4 is 34.4 Å². The van der Waals surface area contributed by atoms with E-state index in [1.54, 1.807) is 17.8 Å². The number of H-pyrrole nitrogens is 1. The van der Waals surface area contributed by atoms with Crippen LogP contribution in [0.3, 0.4) is 0 Å². The van der Waals surface area contributed by atoms with E-state index in [0.29, 0.717) is 22.4 Å². The molecule has 0 saturated heterocycles. The SMILES string of the molecule is C[n+]1[nH]c(N)c2ncnc(C(=O)NCc3ccc(F)c(Cl)c3)c21. The first kappa shape index (κ1) is 15.2. The number of benzene rings is 1. The molecule has 1 aromatic carbocycles. The van der Waals surface area contributed by atoms with E-state index in [-0.39, 0.29) is 17.3 Å². The van der Waals surface area contributed by atoms with Crippen molar-refractivity contribution in [2.45, 2.75) is 6.54 Å². The second kappa shape index (κ2) is 5.81. The number of hydrogen-bond acceptors (Lipinski definition) is 4. The van der Waals surface area contributed by atoms with Gasteiger partial charge in [0.2, 0.25) is 5.69 Å². The van der Waals surface area contributed by atoms with Crippen molar-refractivity contribution in [1.82, 2.24) is 20.4 Å². The molecular weight excluding hydrogens is 323 g/mol. The average Bonchev–Trinajstić information content (AvgIpc) is 2.83. The number of carbonyl (C=O) groups is 1. The number of nitrogens with two attached hydrogens (primary N) is 1. The maximum absolute atomic E-state index is 13.1. The van der Waals surface area contributed by atoms with Crippen molar-refractivity contribution in [2.75, 3.05) is 5.73 Å². The van der Waals surface area contributed by atoms with Gasteiger partial charge in [-0.05, 0) is 17.7 Å². The first-order valence-corrected chi connectivity index (χ1v) is 7.05. The maximum atomic E-state index is 13.1. The predicted octanol–water partition coefficient (Wildman–Crippen LogP) is 1.09. The van der Waals surface area contributed by atoms with Crippen LogP contribution in [0, 0.1) is 5.82 Å². The van der Waals surface area contributed by atoms with Crippen LogP contribution in [0.1, 0.15) is 16.1 Å². The van der Waals surface area contributed by atoms with Crippen LogP contribution in [0.15, 0.2) is 24.5 Å². The molecule has 0 fully saturated rings. The summed E-state index contributed by atoms with van der Waals surface area (Å²) < 4.78 is 14.7. The van der Waals surface area contributed by atoms with Crippen LogP contribution in [-0.2, 0) is 13.6 Å². The van der Waals surface area contributed by atoms with E-state index >= 15 is 0 Å². The van der Waals surface area contributed by atoms with Gasteiger partial charge in [0, 0.05) is 6.54 Å². The van der Waals surface area contributed by atoms with Gasteiger partial charge in [-0.15, -0.1) is 9.78 Å². The van der Waals surface area contributed by atoms with Crippen LogP contribution in [0.2, 0.25) is 5.02 Å². The third-order valence-electron chi connectivity index (χ3n) is 3.35. The smallest absolute Gasteiger partial charge is 0.289 e. The maximum Gasteiger partial charge on any atom is 0.289 e. The van der Waals surface area contributed by atoms with E-state index in [9.17, 15) is 9.18 Å². The monoisotopic (exact) mass is 335 g/mol. The zero-order valence-electron chi connectivity index (χ0n) is 12.1. The highest BCUT2D eigenvalue weighted by molar-refractivity contribution is 6.30. The van der Waals surface area contributed by atoms with Gasteiger partial charge in [0.25, 0.3) is 11.4 Å². The van der Waals surface area contributed by atoms with Crippen molar-refractivity contribution in [1.29, 1.82) is 0 Å². The summed E-state index contributed by atoms with van der Waals surface area (Å²) in [5, 5.41) is 5.57. The fraction of sp³-hybridized carbons (Fsp3) is 0.143. The third kappa shape index (κ3) is 2.80. The molecule has 2 aromatic heterocycles. The average molecular weight is 336 g/mol. The summed E-state index contributed by atoms with van der Waals surface area (Å²) in [5.74, 6) is -0.550. The van der Waals surface area contributed by atoms with Gasteiger partial charge >= 0.3 is 0 Å². The predicted molar refractivity (Wildman–Crippen MR) is 82.1 cm³/mol. The summed E-state index contributed by atoms with van der Waals surface area (Å²) in [7, 11) is 1.71. The van der Waals surface area contributed by atoms with Crippen LogP contribution in [0.4, 0.5) is 10.2 Å². The molecule has 1 amide bonds. The molecule has 0 aliphatic carbocycles. The number of nitrogens with zero attached hydrogens (tertiary/aromatic N) is 3. The number of hydrogen-bond donors (Lipinski definition) is 3. The Hall–Kier alpha value is -2.74. The number of nitrogen functional groups attached to an aromatic ring is 1. The van der Waals surface area contributed by atoms with E-state index in [0.717, 1.165) is 0 Å².